The number of nitrogens with zero attached hydrogens (tertiary/aromatic N) is 1. The molecule has 1 fully saturated rings. The van der Waals surface area contributed by atoms with Gasteiger partial charge in [0.2, 0.25) is 5.91 Å². The van der Waals surface area contributed by atoms with Crippen LogP contribution in [0.25, 0.3) is 11.1 Å². The molecule has 0 aromatic heterocycles. The van der Waals surface area contributed by atoms with Crippen molar-refractivity contribution in [2.45, 2.75) is 25.3 Å². The topological polar surface area (TPSA) is 81.7 Å². The molecule has 3 N–H and O–H groups in total. The van der Waals surface area contributed by atoms with Crippen molar-refractivity contribution in [2.75, 3.05) is 19.6 Å². The Balaban J connectivity index is 1.76. The lowest BCUT2D eigenvalue weighted by Gasteiger charge is -2.26. The molecule has 2 amide bonds. The summed E-state index contributed by atoms with van der Waals surface area (Å²) in [5.41, 5.74) is 2.40. The van der Waals surface area contributed by atoms with Crippen LogP contribution in [0.15, 0.2) is 36.4 Å². The van der Waals surface area contributed by atoms with Crippen LogP contribution in [0.2, 0.25) is 0 Å². The molecule has 0 radical (unpaired) electrons. The number of halogens is 3. The lowest BCUT2D eigenvalue weighted by Crippen LogP contribution is -2.44. The number of nitrogens with one attached hydrogen (secondary N) is 2. The van der Waals surface area contributed by atoms with Gasteiger partial charge in [-0.05, 0) is 54.8 Å². The summed E-state index contributed by atoms with van der Waals surface area (Å²) in [5, 5.41) is 11.6. The number of hydrogen-bond donors (Lipinski definition) is 3. The van der Waals surface area contributed by atoms with Crippen molar-refractivity contribution >= 4 is 11.8 Å². The fourth-order valence-electron chi connectivity index (χ4n) is 3.48. The normalized spacial score (nSPS) is 15.5. The predicted molar refractivity (Wildman–Crippen MR) is 103 cm³/mol. The standard InChI is InChI=1S/C21H22F3N3O3/c22-16-10-15(11-17(23)19(16)24)13-4-6-14(7-5-13)20(21(29)26-30)25-18(28)12-27-8-2-1-3-9-27/h4-7,10-11,20,30H,1-3,8-9,12H2,(H,25,28)(H,26,29). The third-order valence-electron chi connectivity index (χ3n) is 5.05. The van der Waals surface area contributed by atoms with Crippen molar-refractivity contribution in [1.29, 1.82) is 0 Å². The maximum absolute atomic E-state index is 13.5. The predicted octanol–water partition coefficient (Wildman–Crippen LogP) is 2.92. The van der Waals surface area contributed by atoms with Crippen LogP contribution in [0.5, 0.6) is 0 Å². The molecule has 1 unspecified atom stereocenters. The highest BCUT2D eigenvalue weighted by Gasteiger charge is 2.24. The van der Waals surface area contributed by atoms with Gasteiger partial charge < -0.3 is 5.32 Å². The molecule has 160 valence electrons. The first-order valence-electron chi connectivity index (χ1n) is 9.59. The molecule has 30 heavy (non-hydrogen) atoms. The Morgan fingerprint density at radius 1 is 0.967 bits per heavy atom. The van der Waals surface area contributed by atoms with Crippen LogP contribution in [-0.4, -0.2) is 41.6 Å². The number of piperidine rings is 1. The minimum absolute atomic E-state index is 0.121. The van der Waals surface area contributed by atoms with E-state index in [0.29, 0.717) is 11.1 Å². The van der Waals surface area contributed by atoms with Crippen LogP contribution < -0.4 is 10.8 Å². The number of benzene rings is 2. The van der Waals surface area contributed by atoms with Gasteiger partial charge in [-0.2, -0.15) is 0 Å². The maximum Gasteiger partial charge on any atom is 0.270 e. The molecule has 3 rings (SSSR count). The average molecular weight is 421 g/mol. The quantitative estimate of drug-likeness (QED) is 0.381. The smallest absolute Gasteiger partial charge is 0.270 e. The molecule has 0 aliphatic carbocycles. The summed E-state index contributed by atoms with van der Waals surface area (Å²) in [5.74, 6) is -5.36. The summed E-state index contributed by atoms with van der Waals surface area (Å²) in [6.45, 7) is 1.76. The number of amides is 2. The SMILES string of the molecule is O=C(CN1CCCCC1)NC(C(=O)NO)c1ccc(-c2cc(F)c(F)c(F)c2)cc1. The van der Waals surface area contributed by atoms with E-state index in [0.717, 1.165) is 44.5 Å². The molecule has 1 aliphatic rings. The molecule has 2 aromatic rings. The zero-order chi connectivity index (χ0) is 21.7. The molecule has 1 heterocycles. The second-order valence-corrected chi connectivity index (χ2v) is 7.19. The van der Waals surface area contributed by atoms with E-state index >= 15 is 0 Å². The molecule has 1 atom stereocenters. The van der Waals surface area contributed by atoms with Gasteiger partial charge in [-0.1, -0.05) is 30.7 Å². The fourth-order valence-corrected chi connectivity index (χ4v) is 3.48. The van der Waals surface area contributed by atoms with Gasteiger partial charge in [-0.15, -0.1) is 0 Å². The first-order chi connectivity index (χ1) is 14.4. The highest BCUT2D eigenvalue weighted by Crippen LogP contribution is 2.25. The molecule has 9 heteroatoms. The lowest BCUT2D eigenvalue weighted by atomic mass is 10.00. The molecular formula is C21H22F3N3O3. The summed E-state index contributed by atoms with van der Waals surface area (Å²) >= 11 is 0. The van der Waals surface area contributed by atoms with Crippen LogP contribution in [0.1, 0.15) is 30.9 Å². The van der Waals surface area contributed by atoms with Crippen molar-refractivity contribution in [3.63, 3.8) is 0 Å². The zero-order valence-corrected chi connectivity index (χ0v) is 16.1. The number of carbonyl (C=O) groups is 2. The number of hydroxylamine groups is 1. The van der Waals surface area contributed by atoms with Gasteiger partial charge in [0.05, 0.1) is 6.54 Å². The molecule has 2 aromatic carbocycles. The molecule has 1 aliphatic heterocycles. The highest BCUT2D eigenvalue weighted by molar-refractivity contribution is 5.88. The largest absolute Gasteiger partial charge is 0.339 e. The van der Waals surface area contributed by atoms with Crippen LogP contribution in [-0.2, 0) is 9.59 Å². The van der Waals surface area contributed by atoms with Gasteiger partial charge in [0, 0.05) is 0 Å². The minimum Gasteiger partial charge on any atom is -0.339 e. The van der Waals surface area contributed by atoms with Crippen LogP contribution in [0, 0.1) is 17.5 Å². The van der Waals surface area contributed by atoms with E-state index in [9.17, 15) is 22.8 Å². The van der Waals surface area contributed by atoms with E-state index in [1.54, 1.807) is 0 Å². The first kappa shape index (κ1) is 21.8. The highest BCUT2D eigenvalue weighted by atomic mass is 19.2. The van der Waals surface area contributed by atoms with Gasteiger partial charge in [0.25, 0.3) is 5.91 Å². The Morgan fingerprint density at radius 2 is 1.57 bits per heavy atom. The Kier molecular flexibility index (Phi) is 7.07. The van der Waals surface area contributed by atoms with E-state index in [4.69, 9.17) is 5.21 Å². The number of rotatable bonds is 6. The third-order valence-corrected chi connectivity index (χ3v) is 5.05. The van der Waals surface area contributed by atoms with Crippen molar-refractivity contribution < 1.29 is 28.0 Å². The minimum atomic E-state index is -1.55. The van der Waals surface area contributed by atoms with Crippen LogP contribution >= 0.6 is 0 Å². The summed E-state index contributed by atoms with van der Waals surface area (Å²) in [6, 6.07) is 6.51. The molecular weight excluding hydrogens is 399 g/mol. The monoisotopic (exact) mass is 421 g/mol. The van der Waals surface area contributed by atoms with Gasteiger partial charge in [-0.25, -0.2) is 18.7 Å². The van der Waals surface area contributed by atoms with Crippen molar-refractivity contribution in [1.82, 2.24) is 15.7 Å². The fraction of sp³-hybridized carbons (Fsp3) is 0.333. The summed E-state index contributed by atoms with van der Waals surface area (Å²) < 4.78 is 40.1. The average Bonchev–Trinajstić information content (AvgIpc) is 2.76. The van der Waals surface area contributed by atoms with E-state index in [1.807, 2.05) is 4.90 Å². The van der Waals surface area contributed by atoms with Gasteiger partial charge >= 0.3 is 0 Å². The summed E-state index contributed by atoms with van der Waals surface area (Å²) in [4.78, 5) is 26.5. The number of carbonyl (C=O) groups excluding carboxylic acids is 2. The summed E-state index contributed by atoms with van der Waals surface area (Å²) in [6.07, 6.45) is 3.15. The van der Waals surface area contributed by atoms with Crippen LogP contribution in [0.3, 0.4) is 0 Å². The van der Waals surface area contributed by atoms with E-state index < -0.39 is 29.4 Å². The van der Waals surface area contributed by atoms with Crippen molar-refractivity contribution in [3.8, 4) is 11.1 Å². The molecule has 0 bridgehead atoms. The van der Waals surface area contributed by atoms with E-state index in [1.165, 1.54) is 29.7 Å². The number of likely N-dealkylation sites (tertiary alicyclic amines) is 1. The van der Waals surface area contributed by atoms with Crippen molar-refractivity contribution in [2.24, 2.45) is 0 Å². The van der Waals surface area contributed by atoms with Gasteiger partial charge in [-0.3, -0.25) is 19.7 Å². The Labute approximate surface area is 171 Å². The van der Waals surface area contributed by atoms with E-state index in [-0.39, 0.29) is 18.0 Å². The van der Waals surface area contributed by atoms with Crippen LogP contribution in [0.4, 0.5) is 13.2 Å². The van der Waals surface area contributed by atoms with E-state index in [2.05, 4.69) is 5.32 Å². The maximum atomic E-state index is 13.5. The third kappa shape index (κ3) is 5.17. The first-order valence-corrected chi connectivity index (χ1v) is 9.59. The Bertz CT molecular complexity index is 892. The zero-order valence-electron chi connectivity index (χ0n) is 16.1. The molecule has 1 saturated heterocycles. The van der Waals surface area contributed by atoms with Gasteiger partial charge in [0.1, 0.15) is 6.04 Å². The Morgan fingerprint density at radius 3 is 2.13 bits per heavy atom. The molecule has 0 spiro atoms. The molecule has 0 saturated carbocycles. The summed E-state index contributed by atoms with van der Waals surface area (Å²) in [7, 11) is 0. The number of hydrogen-bond acceptors (Lipinski definition) is 4. The second kappa shape index (κ2) is 9.73. The second-order valence-electron chi connectivity index (χ2n) is 7.19. The van der Waals surface area contributed by atoms with Crippen molar-refractivity contribution in [3.05, 3.63) is 59.4 Å². The lowest BCUT2D eigenvalue weighted by molar-refractivity contribution is -0.135. The Hall–Kier alpha value is -2.91. The molecule has 6 nitrogen and oxygen atoms in total. The van der Waals surface area contributed by atoms with Gasteiger partial charge in [0.15, 0.2) is 17.5 Å².